The zero-order chi connectivity index (χ0) is 21.2. The van der Waals surface area contributed by atoms with E-state index in [0.29, 0.717) is 30.5 Å². The highest BCUT2D eigenvalue weighted by Crippen LogP contribution is 2.28. The Morgan fingerprint density at radius 1 is 1.20 bits per heavy atom. The van der Waals surface area contributed by atoms with Gasteiger partial charge in [-0.05, 0) is 54.0 Å². The molecule has 156 valence electrons. The third kappa shape index (κ3) is 5.94. The van der Waals surface area contributed by atoms with E-state index in [9.17, 15) is 4.79 Å². The molecule has 0 radical (unpaired) electrons. The number of hydrogen-bond acceptors (Lipinski definition) is 5. The van der Waals surface area contributed by atoms with Crippen LogP contribution in [0.15, 0.2) is 61.1 Å². The van der Waals surface area contributed by atoms with E-state index in [4.69, 9.17) is 9.47 Å². The van der Waals surface area contributed by atoms with E-state index in [1.54, 1.807) is 30.3 Å². The number of carbonyl (C=O) groups is 1. The Kier molecular flexibility index (Phi) is 7.60. The van der Waals surface area contributed by atoms with Crippen LogP contribution in [0, 0.1) is 0 Å². The highest BCUT2D eigenvalue weighted by molar-refractivity contribution is 5.91. The molecule has 0 fully saturated rings. The fraction of sp³-hybridized carbons (Fsp3) is 0.261. The van der Waals surface area contributed by atoms with Crippen molar-refractivity contribution in [2.75, 3.05) is 13.7 Å². The van der Waals surface area contributed by atoms with Crippen molar-refractivity contribution in [1.82, 2.24) is 20.1 Å². The maximum absolute atomic E-state index is 12.2. The van der Waals surface area contributed by atoms with Gasteiger partial charge in [-0.15, -0.1) is 0 Å². The smallest absolute Gasteiger partial charge is 0.244 e. The minimum Gasteiger partial charge on any atom is -0.493 e. The molecule has 7 heteroatoms. The van der Waals surface area contributed by atoms with E-state index in [0.717, 1.165) is 24.0 Å². The van der Waals surface area contributed by atoms with Crippen LogP contribution in [0.1, 0.15) is 30.9 Å². The summed E-state index contributed by atoms with van der Waals surface area (Å²) in [5.74, 6) is 1.88. The number of unbranched alkanes of at least 4 members (excludes halogenated alkanes) is 1. The predicted molar refractivity (Wildman–Crippen MR) is 116 cm³/mol. The van der Waals surface area contributed by atoms with Crippen LogP contribution in [-0.2, 0) is 11.3 Å². The molecule has 0 saturated heterocycles. The van der Waals surface area contributed by atoms with Gasteiger partial charge in [0.05, 0.1) is 13.7 Å². The Morgan fingerprint density at radius 3 is 2.87 bits per heavy atom. The molecule has 0 aliphatic carbocycles. The van der Waals surface area contributed by atoms with Crippen molar-refractivity contribution in [3.63, 3.8) is 0 Å². The monoisotopic (exact) mass is 406 g/mol. The Bertz CT molecular complexity index is 984. The average Bonchev–Trinajstić information content (AvgIpc) is 3.32. The third-order valence-corrected chi connectivity index (χ3v) is 4.39. The highest BCUT2D eigenvalue weighted by Gasteiger charge is 2.05. The Morgan fingerprint density at radius 2 is 2.10 bits per heavy atom. The number of ether oxygens (including phenoxy) is 2. The number of nitrogens with one attached hydrogen (secondary N) is 1. The number of pyridine rings is 1. The minimum absolute atomic E-state index is 0.185. The number of nitrogens with zero attached hydrogens (tertiary/aromatic N) is 3. The van der Waals surface area contributed by atoms with Crippen LogP contribution in [0.2, 0.25) is 0 Å². The van der Waals surface area contributed by atoms with Gasteiger partial charge in [-0.1, -0.05) is 19.4 Å². The normalized spacial score (nSPS) is 10.9. The van der Waals surface area contributed by atoms with Gasteiger partial charge in [0.15, 0.2) is 17.3 Å². The molecule has 0 aliphatic heterocycles. The van der Waals surface area contributed by atoms with Crippen molar-refractivity contribution in [2.24, 2.45) is 0 Å². The van der Waals surface area contributed by atoms with Crippen LogP contribution >= 0.6 is 0 Å². The van der Waals surface area contributed by atoms with Crippen molar-refractivity contribution in [3.8, 4) is 17.3 Å². The zero-order valence-corrected chi connectivity index (χ0v) is 17.2. The van der Waals surface area contributed by atoms with Gasteiger partial charge in [0.1, 0.15) is 0 Å². The van der Waals surface area contributed by atoms with Crippen molar-refractivity contribution >= 4 is 12.0 Å². The third-order valence-electron chi connectivity index (χ3n) is 4.39. The molecule has 7 nitrogen and oxygen atoms in total. The lowest BCUT2D eigenvalue weighted by Gasteiger charge is -2.11. The molecule has 2 aromatic heterocycles. The van der Waals surface area contributed by atoms with Gasteiger partial charge in [0.25, 0.3) is 0 Å². The van der Waals surface area contributed by atoms with Crippen LogP contribution in [-0.4, -0.2) is 34.4 Å². The summed E-state index contributed by atoms with van der Waals surface area (Å²) in [6.45, 7) is 3.17. The van der Waals surface area contributed by atoms with Gasteiger partial charge < -0.3 is 14.8 Å². The Balaban J connectivity index is 1.56. The standard InChI is InChI=1S/C23H26N4O3/c1-3-4-14-30-20-8-6-18(15-21(20)29-2)7-9-23(28)25-17-19-10-12-24-22(16-19)27-13-5-11-26-27/h5-13,15-16H,3-4,14,17H2,1-2H3,(H,25,28)/b9-7+. The number of aromatic nitrogens is 3. The van der Waals surface area contributed by atoms with E-state index in [1.165, 1.54) is 6.08 Å². The van der Waals surface area contributed by atoms with Crippen molar-refractivity contribution < 1.29 is 14.3 Å². The zero-order valence-electron chi connectivity index (χ0n) is 17.2. The molecule has 0 bridgehead atoms. The van der Waals surface area contributed by atoms with Crippen LogP contribution in [0.4, 0.5) is 0 Å². The summed E-state index contributed by atoms with van der Waals surface area (Å²) < 4.78 is 12.8. The van der Waals surface area contributed by atoms with Gasteiger partial charge in [-0.2, -0.15) is 5.10 Å². The Hall–Kier alpha value is -3.61. The predicted octanol–water partition coefficient (Wildman–Crippen LogP) is 3.78. The maximum atomic E-state index is 12.2. The molecule has 0 aliphatic rings. The summed E-state index contributed by atoms with van der Waals surface area (Å²) in [5, 5.41) is 7.04. The first-order chi connectivity index (χ1) is 14.7. The topological polar surface area (TPSA) is 78.3 Å². The number of benzene rings is 1. The first kappa shape index (κ1) is 21.1. The number of rotatable bonds is 10. The van der Waals surface area contributed by atoms with Gasteiger partial charge in [-0.25, -0.2) is 9.67 Å². The first-order valence-electron chi connectivity index (χ1n) is 9.91. The van der Waals surface area contributed by atoms with Gasteiger partial charge in [-0.3, -0.25) is 4.79 Å². The second-order valence-electron chi connectivity index (χ2n) is 6.64. The molecule has 2 heterocycles. The van der Waals surface area contributed by atoms with Crippen molar-refractivity contribution in [1.29, 1.82) is 0 Å². The lowest BCUT2D eigenvalue weighted by atomic mass is 10.2. The molecule has 0 atom stereocenters. The molecule has 0 spiro atoms. The fourth-order valence-electron chi connectivity index (χ4n) is 2.75. The van der Waals surface area contributed by atoms with Gasteiger partial charge in [0, 0.05) is 31.2 Å². The van der Waals surface area contributed by atoms with E-state index in [1.807, 2.05) is 42.6 Å². The number of hydrogen-bond donors (Lipinski definition) is 1. The van der Waals surface area contributed by atoms with Crippen LogP contribution in [0.3, 0.4) is 0 Å². The molecule has 1 N–H and O–H groups in total. The quantitative estimate of drug-likeness (QED) is 0.409. The summed E-state index contributed by atoms with van der Waals surface area (Å²) in [4.78, 5) is 16.5. The molecular weight excluding hydrogens is 380 g/mol. The first-order valence-corrected chi connectivity index (χ1v) is 9.91. The van der Waals surface area contributed by atoms with Crippen LogP contribution in [0.5, 0.6) is 11.5 Å². The minimum atomic E-state index is -0.185. The van der Waals surface area contributed by atoms with Gasteiger partial charge in [0.2, 0.25) is 5.91 Å². The van der Waals surface area contributed by atoms with E-state index >= 15 is 0 Å². The molecule has 30 heavy (non-hydrogen) atoms. The highest BCUT2D eigenvalue weighted by atomic mass is 16.5. The molecule has 0 unspecified atom stereocenters. The summed E-state index contributed by atoms with van der Waals surface area (Å²) >= 11 is 0. The Labute approximate surface area is 176 Å². The summed E-state index contributed by atoms with van der Waals surface area (Å²) in [6, 6.07) is 11.2. The lowest BCUT2D eigenvalue weighted by Crippen LogP contribution is -2.20. The largest absolute Gasteiger partial charge is 0.493 e. The number of carbonyl (C=O) groups excluding carboxylic acids is 1. The fourth-order valence-corrected chi connectivity index (χ4v) is 2.75. The van der Waals surface area contributed by atoms with Crippen molar-refractivity contribution in [2.45, 2.75) is 26.3 Å². The second kappa shape index (κ2) is 10.8. The second-order valence-corrected chi connectivity index (χ2v) is 6.64. The summed E-state index contributed by atoms with van der Waals surface area (Å²) in [6.07, 6.45) is 10.5. The summed E-state index contributed by atoms with van der Waals surface area (Å²) in [5.41, 5.74) is 1.79. The van der Waals surface area contributed by atoms with Crippen molar-refractivity contribution in [3.05, 3.63) is 72.2 Å². The molecule has 1 amide bonds. The average molecular weight is 406 g/mol. The number of methoxy groups -OCH3 is 1. The van der Waals surface area contributed by atoms with Crippen LogP contribution < -0.4 is 14.8 Å². The molecule has 3 rings (SSSR count). The molecular formula is C23H26N4O3. The van der Waals surface area contributed by atoms with E-state index in [2.05, 4.69) is 22.3 Å². The number of amides is 1. The molecule has 3 aromatic rings. The summed E-state index contributed by atoms with van der Waals surface area (Å²) in [7, 11) is 1.61. The maximum Gasteiger partial charge on any atom is 0.244 e. The SMILES string of the molecule is CCCCOc1ccc(/C=C/C(=O)NCc2ccnc(-n3cccn3)c2)cc1OC. The van der Waals surface area contributed by atoms with Crippen LogP contribution in [0.25, 0.3) is 11.9 Å². The molecule has 1 aromatic carbocycles. The lowest BCUT2D eigenvalue weighted by molar-refractivity contribution is -0.116. The van der Waals surface area contributed by atoms with E-state index in [-0.39, 0.29) is 5.91 Å². The molecule has 0 saturated carbocycles. The van der Waals surface area contributed by atoms with Gasteiger partial charge >= 0.3 is 0 Å². The van der Waals surface area contributed by atoms with E-state index < -0.39 is 0 Å².